The van der Waals surface area contributed by atoms with Gasteiger partial charge in [0.1, 0.15) is 11.4 Å². The lowest BCUT2D eigenvalue weighted by Gasteiger charge is -2.37. The average molecular weight is 424 g/mol. The van der Waals surface area contributed by atoms with Gasteiger partial charge in [0.2, 0.25) is 0 Å². The minimum atomic E-state index is -4.24. The molecule has 0 aliphatic carbocycles. The molecule has 1 aromatic rings. The molecule has 156 valence electrons. The molecule has 1 unspecified atom stereocenters. The van der Waals surface area contributed by atoms with Crippen LogP contribution in [0.3, 0.4) is 0 Å². The van der Waals surface area contributed by atoms with Crippen LogP contribution in [-0.2, 0) is 24.2 Å². The number of alkyl carbamates (subject to hydrolysis) is 1. The number of nitrogens with two attached hydrogens (primary N) is 1. The van der Waals surface area contributed by atoms with Crippen molar-refractivity contribution in [2.45, 2.75) is 23.1 Å². The Balaban J connectivity index is 1.95. The van der Waals surface area contributed by atoms with E-state index in [0.29, 0.717) is 5.69 Å². The third-order valence-electron chi connectivity index (χ3n) is 4.93. The highest BCUT2D eigenvalue weighted by Crippen LogP contribution is 2.49. The van der Waals surface area contributed by atoms with E-state index in [4.69, 9.17) is 10.5 Å². The maximum absolute atomic E-state index is 13.2. The molecule has 0 spiro atoms. The zero-order valence-electron chi connectivity index (χ0n) is 15.4. The van der Waals surface area contributed by atoms with Crippen LogP contribution in [0.2, 0.25) is 0 Å². The van der Waals surface area contributed by atoms with Crippen LogP contribution in [-0.4, -0.2) is 77.2 Å². The van der Waals surface area contributed by atoms with Crippen molar-refractivity contribution in [2.24, 2.45) is 5.73 Å². The highest BCUT2D eigenvalue weighted by atomic mass is 32.2. The second kappa shape index (κ2) is 7.44. The highest BCUT2D eigenvalue weighted by molar-refractivity contribution is 7.94. The molecule has 4 N–H and O–H groups in total. The first kappa shape index (κ1) is 20.7. The van der Waals surface area contributed by atoms with E-state index in [1.165, 1.54) is 12.3 Å². The van der Waals surface area contributed by atoms with Crippen molar-refractivity contribution >= 4 is 33.9 Å². The van der Waals surface area contributed by atoms with E-state index in [9.17, 15) is 27.9 Å². The number of carboxylic acid groups (broad SMARTS) is 1. The van der Waals surface area contributed by atoms with Gasteiger partial charge in [-0.25, -0.2) is 18.0 Å². The number of aromatic nitrogens is 1. The van der Waals surface area contributed by atoms with Gasteiger partial charge >= 0.3 is 12.1 Å². The Morgan fingerprint density at radius 2 is 2.17 bits per heavy atom. The van der Waals surface area contributed by atoms with Gasteiger partial charge < -0.3 is 25.8 Å². The molecule has 2 saturated heterocycles. The Bertz CT molecular complexity index is 979. The molecule has 2 aliphatic rings. The van der Waals surface area contributed by atoms with Crippen molar-refractivity contribution < 1.29 is 32.6 Å². The molecule has 0 bridgehead atoms. The second-order valence-corrected chi connectivity index (χ2v) is 9.28. The average Bonchev–Trinajstić information content (AvgIpc) is 2.85. The van der Waals surface area contributed by atoms with E-state index in [1.54, 1.807) is 18.2 Å². The number of amides is 2. The minimum absolute atomic E-state index is 0.0775. The maximum Gasteiger partial charge on any atom is 0.407 e. The number of carboxylic acids is 1. The van der Waals surface area contributed by atoms with E-state index < -0.39 is 50.6 Å². The fraction of sp³-hybridized carbons (Fsp3) is 0.412. The third-order valence-corrected chi connectivity index (χ3v) is 7.64. The molecule has 3 atom stereocenters. The number of pyridine rings is 1. The van der Waals surface area contributed by atoms with Crippen LogP contribution in [0.25, 0.3) is 6.08 Å². The summed E-state index contributed by atoms with van der Waals surface area (Å²) >= 11 is 0. The van der Waals surface area contributed by atoms with E-state index in [1.807, 2.05) is 0 Å². The van der Waals surface area contributed by atoms with Crippen molar-refractivity contribution in [1.82, 2.24) is 15.2 Å². The number of ether oxygens (including phenoxy) is 1. The number of carbonyl (C=O) groups is 3. The largest absolute Gasteiger partial charge is 0.480 e. The molecule has 0 radical (unpaired) electrons. The lowest BCUT2D eigenvalue weighted by atomic mass is 9.94. The first-order valence-electron chi connectivity index (χ1n) is 8.67. The number of fused-ring (bicyclic) bond motifs is 1. The number of β-lactam (4-membered cyclic amide) rings is 1. The fourth-order valence-corrected chi connectivity index (χ4v) is 5.73. The predicted octanol–water partition coefficient (Wildman–Crippen LogP) is -1.04. The summed E-state index contributed by atoms with van der Waals surface area (Å²) in [6.07, 6.45) is 1.87. The van der Waals surface area contributed by atoms with Crippen molar-refractivity contribution in [3.8, 4) is 0 Å². The number of aliphatic carboxylic acids is 1. The standard InChI is InChI=1S/C17H20N4O7S/c1-17(9-28-16(25)20-7-5-18)12(15(23)24)21-13(22)11(14(21)29(17,26)27)8-10-4-2-3-6-19-10/h2-4,6,8,12,14H,5,7,9,18H2,1H3,(H,20,25)(H,23,24)/b11-8-/t12?,14-,17+/m1/s1. The summed E-state index contributed by atoms with van der Waals surface area (Å²) < 4.78 is 29.3. The lowest BCUT2D eigenvalue weighted by Crippen LogP contribution is -2.59. The molecule has 11 nitrogen and oxygen atoms in total. The zero-order chi connectivity index (χ0) is 21.4. The molecular weight excluding hydrogens is 404 g/mol. The SMILES string of the molecule is C[C@]1(COC(=O)NCCN)C(C(=O)O)N2C(=O)/C(=C/c3ccccn3)[C@H]2S1(=O)=O. The first-order valence-corrected chi connectivity index (χ1v) is 10.2. The summed E-state index contributed by atoms with van der Waals surface area (Å²) in [6, 6.07) is 3.21. The van der Waals surface area contributed by atoms with Gasteiger partial charge in [-0.05, 0) is 25.1 Å². The second-order valence-electron chi connectivity index (χ2n) is 6.81. The molecule has 3 rings (SSSR count). The number of nitrogens with one attached hydrogen (secondary N) is 1. The van der Waals surface area contributed by atoms with Gasteiger partial charge in [-0.1, -0.05) is 6.07 Å². The number of carbonyl (C=O) groups excluding carboxylic acids is 2. The number of rotatable bonds is 6. The number of sulfone groups is 1. The fourth-order valence-electron chi connectivity index (χ4n) is 3.45. The van der Waals surface area contributed by atoms with E-state index in [2.05, 4.69) is 10.3 Å². The smallest absolute Gasteiger partial charge is 0.407 e. The molecule has 0 aromatic carbocycles. The van der Waals surface area contributed by atoms with Gasteiger partial charge in [0.15, 0.2) is 21.3 Å². The third kappa shape index (κ3) is 3.23. The minimum Gasteiger partial charge on any atom is -0.480 e. The van der Waals surface area contributed by atoms with Gasteiger partial charge in [0.05, 0.1) is 11.3 Å². The van der Waals surface area contributed by atoms with Gasteiger partial charge in [0, 0.05) is 19.3 Å². The van der Waals surface area contributed by atoms with Gasteiger partial charge in [-0.2, -0.15) is 0 Å². The molecule has 12 heteroatoms. The summed E-state index contributed by atoms with van der Waals surface area (Å²) in [5.41, 5.74) is 5.55. The molecule has 29 heavy (non-hydrogen) atoms. The number of hydrogen-bond acceptors (Lipinski definition) is 8. The van der Waals surface area contributed by atoms with Gasteiger partial charge in [-0.3, -0.25) is 9.78 Å². The van der Waals surface area contributed by atoms with Crippen molar-refractivity contribution in [2.75, 3.05) is 19.7 Å². The normalized spacial score (nSPS) is 28.6. The van der Waals surface area contributed by atoms with Crippen LogP contribution in [0.1, 0.15) is 12.6 Å². The molecule has 1 aromatic heterocycles. The van der Waals surface area contributed by atoms with E-state index in [-0.39, 0.29) is 18.7 Å². The first-order chi connectivity index (χ1) is 13.6. The van der Waals surface area contributed by atoms with Crippen molar-refractivity contribution in [3.63, 3.8) is 0 Å². The number of hydrogen-bond donors (Lipinski definition) is 3. The van der Waals surface area contributed by atoms with Crippen LogP contribution in [0.5, 0.6) is 0 Å². The lowest BCUT2D eigenvalue weighted by molar-refractivity contribution is -0.153. The topological polar surface area (TPSA) is 169 Å². The monoisotopic (exact) mass is 424 g/mol. The summed E-state index contributed by atoms with van der Waals surface area (Å²) in [5, 5.41) is 10.5. The van der Waals surface area contributed by atoms with Gasteiger partial charge in [-0.15, -0.1) is 0 Å². The van der Waals surface area contributed by atoms with E-state index >= 15 is 0 Å². The Morgan fingerprint density at radius 3 is 2.76 bits per heavy atom. The van der Waals surface area contributed by atoms with Crippen molar-refractivity contribution in [1.29, 1.82) is 0 Å². The Kier molecular flexibility index (Phi) is 5.32. The molecule has 3 heterocycles. The summed E-state index contributed by atoms with van der Waals surface area (Å²) in [5.74, 6) is -2.22. The molecule has 0 saturated carbocycles. The summed E-state index contributed by atoms with van der Waals surface area (Å²) in [4.78, 5) is 41.0. The van der Waals surface area contributed by atoms with Crippen LogP contribution in [0.15, 0.2) is 30.0 Å². The molecular formula is C17H20N4O7S. The zero-order valence-corrected chi connectivity index (χ0v) is 16.3. The summed E-state index contributed by atoms with van der Waals surface area (Å²) in [7, 11) is -4.24. The van der Waals surface area contributed by atoms with Crippen LogP contribution in [0, 0.1) is 0 Å². The highest BCUT2D eigenvalue weighted by Gasteiger charge is 2.72. The predicted molar refractivity (Wildman–Crippen MR) is 100 cm³/mol. The van der Waals surface area contributed by atoms with Gasteiger partial charge in [0.25, 0.3) is 5.91 Å². The Labute approximate surface area is 166 Å². The number of nitrogens with zero attached hydrogens (tertiary/aromatic N) is 2. The summed E-state index contributed by atoms with van der Waals surface area (Å²) in [6.45, 7) is 0.671. The van der Waals surface area contributed by atoms with Crippen LogP contribution in [0.4, 0.5) is 4.79 Å². The molecule has 2 amide bonds. The van der Waals surface area contributed by atoms with Crippen molar-refractivity contribution in [3.05, 3.63) is 35.7 Å². The Morgan fingerprint density at radius 1 is 1.45 bits per heavy atom. The maximum atomic E-state index is 13.2. The molecule has 2 aliphatic heterocycles. The van der Waals surface area contributed by atoms with Crippen LogP contribution < -0.4 is 11.1 Å². The van der Waals surface area contributed by atoms with E-state index in [0.717, 1.165) is 11.8 Å². The molecule has 2 fully saturated rings. The quantitative estimate of drug-likeness (QED) is 0.381. The van der Waals surface area contributed by atoms with Crippen LogP contribution >= 0.6 is 0 Å². The Hall–Kier alpha value is -2.99.